The number of anilines is 1. The number of rotatable bonds is 3. The molecule has 0 radical (unpaired) electrons. The molecule has 1 saturated carbocycles. The molecule has 0 bridgehead atoms. The highest BCUT2D eigenvalue weighted by molar-refractivity contribution is 5.95. The second-order valence-electron chi connectivity index (χ2n) is 7.85. The highest BCUT2D eigenvalue weighted by Crippen LogP contribution is 2.34. The molecule has 1 spiro atoms. The predicted molar refractivity (Wildman–Crippen MR) is 95.2 cm³/mol. The van der Waals surface area contributed by atoms with Crippen LogP contribution in [-0.4, -0.2) is 48.6 Å². The second kappa shape index (κ2) is 6.99. The third-order valence-corrected chi connectivity index (χ3v) is 5.95. The van der Waals surface area contributed by atoms with Gasteiger partial charge in [0.15, 0.2) is 0 Å². The fraction of sp³-hybridized carbons (Fsp3) is 0.600. The molecule has 0 aromatic heterocycles. The number of ether oxygens (including phenoxy) is 1. The summed E-state index contributed by atoms with van der Waals surface area (Å²) in [6, 6.07) is 6.09. The average molecular weight is 360 g/mol. The van der Waals surface area contributed by atoms with Crippen LogP contribution in [0.5, 0.6) is 0 Å². The lowest BCUT2D eigenvalue weighted by Gasteiger charge is -2.48. The summed E-state index contributed by atoms with van der Waals surface area (Å²) in [5.41, 5.74) is 0.00361. The maximum Gasteiger partial charge on any atom is 0.253 e. The molecule has 1 aliphatic carbocycles. The molecule has 0 N–H and O–H groups in total. The van der Waals surface area contributed by atoms with Gasteiger partial charge in [0, 0.05) is 18.7 Å². The Balaban J connectivity index is 1.48. The van der Waals surface area contributed by atoms with Gasteiger partial charge in [0.05, 0.1) is 13.1 Å². The molecule has 140 valence electrons. The van der Waals surface area contributed by atoms with Crippen LogP contribution in [0.1, 0.15) is 38.5 Å². The summed E-state index contributed by atoms with van der Waals surface area (Å²) in [4.78, 5) is 28.5. The molecule has 1 unspecified atom stereocenters. The molecule has 3 aliphatic rings. The number of morpholine rings is 1. The third-order valence-electron chi connectivity index (χ3n) is 5.95. The highest BCUT2D eigenvalue weighted by atomic mass is 19.1. The van der Waals surface area contributed by atoms with E-state index in [0.717, 1.165) is 32.2 Å². The van der Waals surface area contributed by atoms with Gasteiger partial charge in [0.1, 0.15) is 18.0 Å². The van der Waals surface area contributed by atoms with E-state index in [2.05, 4.69) is 0 Å². The molecule has 4 rings (SSSR count). The lowest BCUT2D eigenvalue weighted by Crippen LogP contribution is -2.62. The molecule has 2 amide bonds. The first-order valence-corrected chi connectivity index (χ1v) is 9.52. The molecule has 5 nitrogen and oxygen atoms in total. The molecule has 26 heavy (non-hydrogen) atoms. The van der Waals surface area contributed by atoms with Gasteiger partial charge in [-0.3, -0.25) is 9.59 Å². The Kier molecular flexibility index (Phi) is 4.69. The van der Waals surface area contributed by atoms with Crippen LogP contribution in [0.4, 0.5) is 10.1 Å². The standard InChI is InChI=1S/C20H25FN2O3/c21-16-6-2-7-17(11-16)23-14-20(26-12-19(23)25)8-3-9-22(13-20)18(24)10-15-4-1-5-15/h2,6-7,11,15H,1,3-5,8-10,12-14H2. The molecule has 1 aromatic rings. The first-order valence-electron chi connectivity index (χ1n) is 9.52. The van der Waals surface area contributed by atoms with Gasteiger partial charge in [0.2, 0.25) is 5.91 Å². The summed E-state index contributed by atoms with van der Waals surface area (Å²) in [6.07, 6.45) is 5.84. The van der Waals surface area contributed by atoms with Gasteiger partial charge in [-0.15, -0.1) is 0 Å². The molecule has 3 fully saturated rings. The van der Waals surface area contributed by atoms with Gasteiger partial charge in [-0.25, -0.2) is 4.39 Å². The first kappa shape index (κ1) is 17.5. The zero-order chi connectivity index (χ0) is 18.1. The van der Waals surface area contributed by atoms with Crippen LogP contribution < -0.4 is 4.90 Å². The third kappa shape index (κ3) is 3.47. The van der Waals surface area contributed by atoms with E-state index in [9.17, 15) is 14.0 Å². The van der Waals surface area contributed by atoms with Crippen LogP contribution in [0.2, 0.25) is 0 Å². The van der Waals surface area contributed by atoms with Crippen molar-refractivity contribution in [3.63, 3.8) is 0 Å². The fourth-order valence-corrected chi connectivity index (χ4v) is 4.22. The van der Waals surface area contributed by atoms with Gasteiger partial charge >= 0.3 is 0 Å². The number of carbonyl (C=O) groups is 2. The minimum atomic E-state index is -0.548. The number of halogens is 1. The normalized spacial score (nSPS) is 26.9. The van der Waals surface area contributed by atoms with Crippen LogP contribution >= 0.6 is 0 Å². The van der Waals surface area contributed by atoms with E-state index in [4.69, 9.17) is 4.74 Å². The predicted octanol–water partition coefficient (Wildman–Crippen LogP) is 2.74. The second-order valence-corrected chi connectivity index (χ2v) is 7.85. The van der Waals surface area contributed by atoms with E-state index in [0.29, 0.717) is 31.1 Å². The molecule has 2 aliphatic heterocycles. The summed E-state index contributed by atoms with van der Waals surface area (Å²) in [6.45, 7) is 1.60. The van der Waals surface area contributed by atoms with Crippen LogP contribution in [0.25, 0.3) is 0 Å². The van der Waals surface area contributed by atoms with Crippen LogP contribution in [0.3, 0.4) is 0 Å². The molecule has 2 saturated heterocycles. The summed E-state index contributed by atoms with van der Waals surface area (Å²) in [5.74, 6) is 0.209. The number of amides is 2. The summed E-state index contributed by atoms with van der Waals surface area (Å²) in [5, 5.41) is 0. The van der Waals surface area contributed by atoms with E-state index in [-0.39, 0.29) is 24.2 Å². The highest BCUT2D eigenvalue weighted by Gasteiger charge is 2.44. The zero-order valence-electron chi connectivity index (χ0n) is 15.0. The SMILES string of the molecule is O=C(CC1CCC1)N1CCCC2(C1)CN(c1cccc(F)c1)C(=O)CO2. The van der Waals surface area contributed by atoms with Crippen LogP contribution in [0, 0.1) is 11.7 Å². The summed E-state index contributed by atoms with van der Waals surface area (Å²) >= 11 is 0. The smallest absolute Gasteiger partial charge is 0.253 e. The van der Waals surface area contributed by atoms with E-state index in [1.807, 2.05) is 4.90 Å². The van der Waals surface area contributed by atoms with Gasteiger partial charge in [-0.2, -0.15) is 0 Å². The molecular formula is C20H25FN2O3. The van der Waals surface area contributed by atoms with Gasteiger partial charge in [0.25, 0.3) is 5.91 Å². The Morgan fingerprint density at radius 3 is 2.85 bits per heavy atom. The van der Waals surface area contributed by atoms with Crippen molar-refractivity contribution < 1.29 is 18.7 Å². The fourth-order valence-electron chi connectivity index (χ4n) is 4.22. The quantitative estimate of drug-likeness (QED) is 0.833. The lowest BCUT2D eigenvalue weighted by molar-refractivity contribution is -0.154. The van der Waals surface area contributed by atoms with Crippen molar-refractivity contribution in [3.8, 4) is 0 Å². The maximum absolute atomic E-state index is 13.6. The monoisotopic (exact) mass is 360 g/mol. The van der Waals surface area contributed by atoms with E-state index >= 15 is 0 Å². The molecule has 6 heteroatoms. The van der Waals surface area contributed by atoms with Crippen molar-refractivity contribution in [1.82, 2.24) is 4.90 Å². The van der Waals surface area contributed by atoms with Crippen molar-refractivity contribution in [2.75, 3.05) is 31.1 Å². The van der Waals surface area contributed by atoms with Gasteiger partial charge < -0.3 is 14.5 Å². The molecular weight excluding hydrogens is 335 g/mol. The minimum Gasteiger partial charge on any atom is -0.361 e. The lowest BCUT2D eigenvalue weighted by atomic mass is 9.82. The Labute approximate surface area is 153 Å². The number of piperidine rings is 1. The number of likely N-dealkylation sites (tertiary alicyclic amines) is 1. The maximum atomic E-state index is 13.6. The van der Waals surface area contributed by atoms with Crippen LogP contribution in [-0.2, 0) is 14.3 Å². The minimum absolute atomic E-state index is 0.0266. The van der Waals surface area contributed by atoms with Gasteiger partial charge in [-0.1, -0.05) is 12.5 Å². The number of benzene rings is 1. The summed E-state index contributed by atoms with van der Waals surface area (Å²) in [7, 11) is 0. The Morgan fingerprint density at radius 1 is 1.27 bits per heavy atom. The van der Waals surface area contributed by atoms with Gasteiger partial charge in [-0.05, 0) is 49.8 Å². The van der Waals surface area contributed by atoms with Crippen molar-refractivity contribution in [2.45, 2.75) is 44.1 Å². The average Bonchev–Trinajstić information content (AvgIpc) is 2.60. The molecule has 2 heterocycles. The number of carbonyl (C=O) groups excluding carboxylic acids is 2. The van der Waals surface area contributed by atoms with Crippen LogP contribution in [0.15, 0.2) is 24.3 Å². The Bertz CT molecular complexity index is 706. The van der Waals surface area contributed by atoms with Crippen molar-refractivity contribution in [1.29, 1.82) is 0 Å². The number of hydrogen-bond donors (Lipinski definition) is 0. The summed E-state index contributed by atoms with van der Waals surface area (Å²) < 4.78 is 19.5. The number of nitrogens with zero attached hydrogens (tertiary/aromatic N) is 2. The van der Waals surface area contributed by atoms with E-state index in [1.165, 1.54) is 18.6 Å². The topological polar surface area (TPSA) is 49.9 Å². The zero-order valence-corrected chi connectivity index (χ0v) is 15.0. The largest absolute Gasteiger partial charge is 0.361 e. The Hall–Kier alpha value is -1.95. The molecule has 1 atom stereocenters. The van der Waals surface area contributed by atoms with E-state index in [1.54, 1.807) is 17.0 Å². The van der Waals surface area contributed by atoms with Crippen molar-refractivity contribution in [3.05, 3.63) is 30.1 Å². The number of hydrogen-bond acceptors (Lipinski definition) is 3. The van der Waals surface area contributed by atoms with Crippen molar-refractivity contribution in [2.24, 2.45) is 5.92 Å². The molecule has 1 aromatic carbocycles. The first-order chi connectivity index (χ1) is 12.5. The van der Waals surface area contributed by atoms with Crippen molar-refractivity contribution >= 4 is 17.5 Å². The van der Waals surface area contributed by atoms with E-state index < -0.39 is 5.60 Å². The Morgan fingerprint density at radius 2 is 2.12 bits per heavy atom.